The fourth-order valence-corrected chi connectivity index (χ4v) is 4.61. The minimum atomic E-state index is 0.0454. The summed E-state index contributed by atoms with van der Waals surface area (Å²) in [5, 5.41) is 4.22. The van der Waals surface area contributed by atoms with Crippen molar-refractivity contribution in [2.24, 2.45) is 5.92 Å². The number of amides is 1. The van der Waals surface area contributed by atoms with Gasteiger partial charge in [0.15, 0.2) is 0 Å². The van der Waals surface area contributed by atoms with Crippen LogP contribution in [-0.2, 0) is 0 Å². The molecular formula is C20H23N3OS. The number of carbonyl (C=O) groups is 1. The van der Waals surface area contributed by atoms with Crippen molar-refractivity contribution in [3.63, 3.8) is 0 Å². The van der Waals surface area contributed by atoms with Crippen LogP contribution in [0.15, 0.2) is 52.5 Å². The van der Waals surface area contributed by atoms with E-state index in [0.717, 1.165) is 22.0 Å². The van der Waals surface area contributed by atoms with Gasteiger partial charge in [-0.1, -0.05) is 11.8 Å². The maximum Gasteiger partial charge on any atom is 0.251 e. The summed E-state index contributed by atoms with van der Waals surface area (Å²) < 4.78 is 0. The molecule has 4 heterocycles. The lowest BCUT2D eigenvalue weighted by Gasteiger charge is -2.44. The van der Waals surface area contributed by atoms with Crippen molar-refractivity contribution in [1.29, 1.82) is 0 Å². The summed E-state index contributed by atoms with van der Waals surface area (Å²) in [5.74, 6) is 0.695. The molecule has 3 aliphatic rings. The standard InChI is InChI=1S/C20H23N3OS/c1-14-6-9-21-19(12-14)25-17-4-2-16(3-5-17)20(24)22-18-13-23-10-7-15(18)8-11-23/h2-6,9,12,15,18H,7-8,10-11,13H2,1H3,(H,22,24)/t18-/m0/s1. The van der Waals surface area contributed by atoms with Crippen LogP contribution in [0.25, 0.3) is 0 Å². The number of hydrogen-bond donors (Lipinski definition) is 1. The number of carbonyl (C=O) groups excluding carboxylic acids is 1. The van der Waals surface area contributed by atoms with Gasteiger partial charge in [-0.25, -0.2) is 4.98 Å². The molecule has 1 N–H and O–H groups in total. The Hall–Kier alpha value is -1.85. The summed E-state index contributed by atoms with van der Waals surface area (Å²) in [4.78, 5) is 20.5. The summed E-state index contributed by atoms with van der Waals surface area (Å²) in [5.41, 5.74) is 1.93. The number of aryl methyl sites for hydroxylation is 1. The van der Waals surface area contributed by atoms with Crippen molar-refractivity contribution in [2.75, 3.05) is 19.6 Å². The number of pyridine rings is 1. The predicted molar refractivity (Wildman–Crippen MR) is 100.0 cm³/mol. The first-order valence-corrected chi connectivity index (χ1v) is 9.73. The van der Waals surface area contributed by atoms with Crippen LogP contribution in [0.4, 0.5) is 0 Å². The Kier molecular flexibility index (Phi) is 4.77. The highest BCUT2D eigenvalue weighted by Gasteiger charge is 2.34. The smallest absolute Gasteiger partial charge is 0.251 e. The number of benzene rings is 1. The highest BCUT2D eigenvalue weighted by molar-refractivity contribution is 7.99. The predicted octanol–water partition coefficient (Wildman–Crippen LogP) is 3.37. The summed E-state index contributed by atoms with van der Waals surface area (Å²) in [6.07, 6.45) is 4.25. The third-order valence-corrected chi connectivity index (χ3v) is 6.14. The molecule has 1 amide bonds. The second kappa shape index (κ2) is 7.18. The molecule has 5 rings (SSSR count). The van der Waals surface area contributed by atoms with E-state index in [1.165, 1.54) is 31.5 Å². The Balaban J connectivity index is 1.39. The SMILES string of the molecule is Cc1ccnc(Sc2ccc(C(=O)N[C@H]3CN4CCC3CC4)cc2)c1. The molecule has 0 spiro atoms. The lowest BCUT2D eigenvalue weighted by Crippen LogP contribution is -2.57. The van der Waals surface area contributed by atoms with E-state index in [1.807, 2.05) is 36.5 Å². The van der Waals surface area contributed by atoms with E-state index in [-0.39, 0.29) is 5.91 Å². The van der Waals surface area contributed by atoms with Crippen molar-refractivity contribution in [3.05, 3.63) is 53.7 Å². The molecule has 1 atom stereocenters. The van der Waals surface area contributed by atoms with Gasteiger partial charge < -0.3 is 10.2 Å². The highest BCUT2D eigenvalue weighted by Crippen LogP contribution is 2.28. The van der Waals surface area contributed by atoms with Crippen LogP contribution in [0, 0.1) is 12.8 Å². The molecule has 2 bridgehead atoms. The van der Waals surface area contributed by atoms with Crippen LogP contribution in [0.2, 0.25) is 0 Å². The van der Waals surface area contributed by atoms with Crippen LogP contribution < -0.4 is 5.32 Å². The lowest BCUT2D eigenvalue weighted by molar-refractivity contribution is 0.0620. The number of nitrogens with one attached hydrogen (secondary N) is 1. The molecule has 5 heteroatoms. The average Bonchev–Trinajstić information content (AvgIpc) is 2.63. The fourth-order valence-electron chi connectivity index (χ4n) is 3.74. The molecule has 3 aliphatic heterocycles. The van der Waals surface area contributed by atoms with Crippen LogP contribution >= 0.6 is 11.8 Å². The Morgan fingerprint density at radius 2 is 1.96 bits per heavy atom. The van der Waals surface area contributed by atoms with Crippen LogP contribution in [0.3, 0.4) is 0 Å². The fraction of sp³-hybridized carbons (Fsp3) is 0.400. The maximum absolute atomic E-state index is 12.6. The number of rotatable bonds is 4. The molecule has 2 aromatic rings. The van der Waals surface area contributed by atoms with Gasteiger partial charge in [0.1, 0.15) is 5.03 Å². The van der Waals surface area contributed by atoms with Crippen molar-refractivity contribution in [2.45, 2.75) is 35.7 Å². The zero-order chi connectivity index (χ0) is 17.2. The van der Waals surface area contributed by atoms with Gasteiger partial charge >= 0.3 is 0 Å². The largest absolute Gasteiger partial charge is 0.348 e. The zero-order valence-corrected chi connectivity index (χ0v) is 15.3. The van der Waals surface area contributed by atoms with Gasteiger partial charge in [-0.2, -0.15) is 0 Å². The van der Waals surface area contributed by atoms with E-state index < -0.39 is 0 Å². The van der Waals surface area contributed by atoms with Crippen molar-refractivity contribution in [3.8, 4) is 0 Å². The van der Waals surface area contributed by atoms with Crippen LogP contribution in [0.5, 0.6) is 0 Å². The zero-order valence-electron chi connectivity index (χ0n) is 14.4. The number of nitrogens with zero attached hydrogens (tertiary/aromatic N) is 2. The minimum absolute atomic E-state index is 0.0454. The molecule has 0 saturated carbocycles. The van der Waals surface area contributed by atoms with Gasteiger partial charge in [0.05, 0.1) is 0 Å². The van der Waals surface area contributed by atoms with E-state index in [9.17, 15) is 4.79 Å². The first kappa shape index (κ1) is 16.6. The monoisotopic (exact) mass is 353 g/mol. The normalized spacial score (nSPS) is 24.9. The molecular weight excluding hydrogens is 330 g/mol. The first-order chi connectivity index (χ1) is 12.2. The minimum Gasteiger partial charge on any atom is -0.348 e. The number of fused-ring (bicyclic) bond motifs is 3. The van der Waals surface area contributed by atoms with Crippen molar-refractivity contribution >= 4 is 17.7 Å². The quantitative estimate of drug-likeness (QED) is 0.915. The molecule has 3 fully saturated rings. The highest BCUT2D eigenvalue weighted by atomic mass is 32.2. The van der Waals surface area contributed by atoms with Gasteiger partial charge in [-0.3, -0.25) is 4.79 Å². The third-order valence-electron chi connectivity index (χ3n) is 5.20. The second-order valence-electron chi connectivity index (χ2n) is 7.02. The molecule has 1 aromatic carbocycles. The maximum atomic E-state index is 12.6. The van der Waals surface area contributed by atoms with E-state index in [0.29, 0.717) is 12.0 Å². The molecule has 1 aromatic heterocycles. The van der Waals surface area contributed by atoms with E-state index in [2.05, 4.69) is 28.2 Å². The second-order valence-corrected chi connectivity index (χ2v) is 8.11. The Labute approximate surface area is 153 Å². The average molecular weight is 353 g/mol. The molecule has 3 saturated heterocycles. The number of piperidine rings is 3. The van der Waals surface area contributed by atoms with Crippen LogP contribution in [-0.4, -0.2) is 41.5 Å². The molecule has 0 unspecified atom stereocenters. The van der Waals surface area contributed by atoms with E-state index in [4.69, 9.17) is 0 Å². The van der Waals surface area contributed by atoms with Gasteiger partial charge in [0, 0.05) is 29.2 Å². The van der Waals surface area contributed by atoms with Gasteiger partial charge in [-0.15, -0.1) is 0 Å². The summed E-state index contributed by atoms with van der Waals surface area (Å²) in [7, 11) is 0. The third kappa shape index (κ3) is 3.88. The first-order valence-electron chi connectivity index (χ1n) is 8.91. The van der Waals surface area contributed by atoms with Gasteiger partial charge in [0.2, 0.25) is 0 Å². The number of aromatic nitrogens is 1. The Morgan fingerprint density at radius 3 is 2.60 bits per heavy atom. The summed E-state index contributed by atoms with van der Waals surface area (Å²) in [6.45, 7) is 5.45. The molecule has 25 heavy (non-hydrogen) atoms. The molecule has 4 nitrogen and oxygen atoms in total. The van der Waals surface area contributed by atoms with Crippen molar-refractivity contribution < 1.29 is 4.79 Å². The van der Waals surface area contributed by atoms with Crippen molar-refractivity contribution in [1.82, 2.24) is 15.2 Å². The Bertz CT molecular complexity index is 754. The molecule has 0 aliphatic carbocycles. The van der Waals surface area contributed by atoms with E-state index in [1.54, 1.807) is 11.8 Å². The van der Waals surface area contributed by atoms with E-state index >= 15 is 0 Å². The van der Waals surface area contributed by atoms with Gasteiger partial charge in [0.25, 0.3) is 5.91 Å². The molecule has 130 valence electrons. The number of hydrogen-bond acceptors (Lipinski definition) is 4. The Morgan fingerprint density at radius 1 is 1.20 bits per heavy atom. The molecule has 0 radical (unpaired) electrons. The lowest BCUT2D eigenvalue weighted by atomic mass is 9.84. The topological polar surface area (TPSA) is 45.2 Å². The van der Waals surface area contributed by atoms with Crippen LogP contribution in [0.1, 0.15) is 28.8 Å². The summed E-state index contributed by atoms with van der Waals surface area (Å²) >= 11 is 1.62. The summed E-state index contributed by atoms with van der Waals surface area (Å²) in [6, 6.07) is 12.2. The van der Waals surface area contributed by atoms with Gasteiger partial charge in [-0.05, 0) is 80.7 Å².